The smallest absolute Gasteiger partial charge is 0.134 e. The monoisotopic (exact) mass is 302 g/mol. The molecule has 0 heterocycles. The number of hydrogen-bond donors (Lipinski definition) is 0. The molecule has 0 bridgehead atoms. The van der Waals surface area contributed by atoms with Gasteiger partial charge in [0.25, 0.3) is 0 Å². The second-order valence-corrected chi connectivity index (χ2v) is 6.15. The highest BCUT2D eigenvalue weighted by Crippen LogP contribution is 2.43. The molecule has 0 spiro atoms. The van der Waals surface area contributed by atoms with Gasteiger partial charge in [0.15, 0.2) is 0 Å². The summed E-state index contributed by atoms with van der Waals surface area (Å²) in [7, 11) is 1.75. The number of allylic oxidation sites excluding steroid dienone is 2. The lowest BCUT2D eigenvalue weighted by molar-refractivity contribution is 0.559. The number of thiocyanates is 1. The second-order valence-electron chi connectivity index (χ2n) is 5.23. The molecule has 0 aliphatic heterocycles. The van der Waals surface area contributed by atoms with Crippen molar-refractivity contribution >= 4 is 18.0 Å². The van der Waals surface area contributed by atoms with Crippen LogP contribution in [-0.2, 0) is 6.42 Å². The third-order valence-electron chi connectivity index (χ3n) is 4.01. The summed E-state index contributed by atoms with van der Waals surface area (Å²) in [6.07, 6.45) is 6.40. The number of nitriles is 1. The molecule has 0 aromatic heterocycles. The molecule has 2 nitrogen and oxygen atoms in total. The number of nitrogens with zero attached hydrogens (tertiary/aromatic N) is 2. The third kappa shape index (κ3) is 3.54. The maximum Gasteiger partial charge on any atom is 0.134 e. The molecule has 1 aliphatic carbocycles. The molecule has 1 aliphatic rings. The molecule has 2 atom stereocenters. The molecule has 0 saturated carbocycles. The van der Waals surface area contributed by atoms with Crippen LogP contribution in [-0.4, -0.2) is 13.3 Å². The van der Waals surface area contributed by atoms with Gasteiger partial charge < -0.3 is 0 Å². The van der Waals surface area contributed by atoms with Crippen molar-refractivity contribution in [1.29, 1.82) is 5.26 Å². The summed E-state index contributed by atoms with van der Waals surface area (Å²) in [4.78, 5) is 4.01. The van der Waals surface area contributed by atoms with Gasteiger partial charge in [-0.15, -0.1) is 0 Å². The molecule has 110 valence electrons. The number of thioether (sulfide) groups is 1. The Labute approximate surface area is 129 Å². The summed E-state index contributed by atoms with van der Waals surface area (Å²) in [5.74, 6) is 0.0410. The lowest BCUT2D eigenvalue weighted by Crippen LogP contribution is -2.15. The van der Waals surface area contributed by atoms with Crippen molar-refractivity contribution in [3.05, 3.63) is 46.8 Å². The number of halogens is 1. The standard InChI is InChI=1S/C17H19FN2S/c1-12-13(9-10-20-2)5-3-6-14-15(17(12)21-11-19)7-4-8-16(14)18/h4,7-10,12,17H,3,5-6H2,1-2H3/b13-9-,20-10?. The Morgan fingerprint density at radius 1 is 1.43 bits per heavy atom. The fourth-order valence-corrected chi connectivity index (χ4v) is 3.73. The van der Waals surface area contributed by atoms with E-state index >= 15 is 0 Å². The molecule has 0 amide bonds. The van der Waals surface area contributed by atoms with Crippen molar-refractivity contribution in [3.8, 4) is 5.40 Å². The Bertz CT molecular complexity index is 601. The minimum atomic E-state index is -0.147. The Morgan fingerprint density at radius 2 is 2.24 bits per heavy atom. The van der Waals surface area contributed by atoms with E-state index in [9.17, 15) is 4.39 Å². The number of rotatable bonds is 2. The predicted molar refractivity (Wildman–Crippen MR) is 86.9 cm³/mol. The van der Waals surface area contributed by atoms with Gasteiger partial charge in [-0.2, -0.15) is 5.26 Å². The van der Waals surface area contributed by atoms with E-state index in [1.807, 2.05) is 12.1 Å². The first-order valence-electron chi connectivity index (χ1n) is 7.12. The average Bonchev–Trinajstić information content (AvgIpc) is 2.48. The van der Waals surface area contributed by atoms with Crippen LogP contribution in [0.25, 0.3) is 0 Å². The van der Waals surface area contributed by atoms with E-state index in [1.54, 1.807) is 19.3 Å². The summed E-state index contributed by atoms with van der Waals surface area (Å²) in [5.41, 5.74) is 3.02. The van der Waals surface area contributed by atoms with E-state index in [0.29, 0.717) is 0 Å². The fourth-order valence-electron chi connectivity index (χ4n) is 2.89. The first-order valence-corrected chi connectivity index (χ1v) is 8.00. The minimum absolute atomic E-state index is 0.0301. The zero-order valence-electron chi connectivity index (χ0n) is 12.3. The Morgan fingerprint density at radius 3 is 2.95 bits per heavy atom. The van der Waals surface area contributed by atoms with Gasteiger partial charge in [-0.3, -0.25) is 4.99 Å². The van der Waals surface area contributed by atoms with Crippen molar-refractivity contribution < 1.29 is 4.39 Å². The van der Waals surface area contributed by atoms with Crippen molar-refractivity contribution in [3.63, 3.8) is 0 Å². The van der Waals surface area contributed by atoms with Crippen molar-refractivity contribution in [1.82, 2.24) is 0 Å². The van der Waals surface area contributed by atoms with E-state index < -0.39 is 0 Å². The van der Waals surface area contributed by atoms with Crippen molar-refractivity contribution in [2.75, 3.05) is 7.05 Å². The van der Waals surface area contributed by atoms with Crippen molar-refractivity contribution in [2.45, 2.75) is 31.4 Å². The van der Waals surface area contributed by atoms with Gasteiger partial charge in [0.2, 0.25) is 0 Å². The molecule has 21 heavy (non-hydrogen) atoms. The zero-order chi connectivity index (χ0) is 15.2. The fraction of sp³-hybridized carbons (Fsp3) is 0.412. The van der Waals surface area contributed by atoms with Gasteiger partial charge in [-0.25, -0.2) is 4.39 Å². The lowest BCUT2D eigenvalue weighted by Gasteiger charge is -2.28. The molecule has 2 unspecified atom stereocenters. The molecule has 0 N–H and O–H groups in total. The summed E-state index contributed by atoms with van der Waals surface area (Å²) >= 11 is 1.23. The number of aliphatic imine (C=N–C) groups is 1. The highest BCUT2D eigenvalue weighted by atomic mass is 32.2. The van der Waals surface area contributed by atoms with Crippen LogP contribution in [0.4, 0.5) is 4.39 Å². The quantitative estimate of drug-likeness (QED) is 0.587. The van der Waals surface area contributed by atoms with Crippen LogP contribution in [0.1, 0.15) is 36.1 Å². The normalized spacial score (nSPS) is 24.4. The van der Waals surface area contributed by atoms with E-state index in [4.69, 9.17) is 5.26 Å². The number of fused-ring (bicyclic) bond motifs is 1. The molecule has 0 fully saturated rings. The lowest BCUT2D eigenvalue weighted by atomic mass is 9.83. The SMILES string of the molecule is CN=C/C=C1/CCCc2c(F)cccc2C(SC#N)C1C. The molecular formula is C17H19FN2S. The van der Waals surface area contributed by atoms with Gasteiger partial charge in [0.1, 0.15) is 11.2 Å². The molecule has 0 saturated heterocycles. The van der Waals surface area contributed by atoms with Crippen LogP contribution >= 0.6 is 11.8 Å². The van der Waals surface area contributed by atoms with E-state index in [1.165, 1.54) is 23.4 Å². The van der Waals surface area contributed by atoms with E-state index in [0.717, 1.165) is 30.4 Å². The zero-order valence-corrected chi connectivity index (χ0v) is 13.2. The van der Waals surface area contributed by atoms with Gasteiger partial charge >= 0.3 is 0 Å². The Hall–Kier alpha value is -1.60. The molecule has 4 heteroatoms. The Kier molecular flexibility index (Phi) is 5.58. The van der Waals surface area contributed by atoms with Crippen LogP contribution in [0.5, 0.6) is 0 Å². The molecule has 0 radical (unpaired) electrons. The Balaban J connectivity index is 2.48. The van der Waals surface area contributed by atoms with Crippen LogP contribution in [0, 0.1) is 22.4 Å². The highest BCUT2D eigenvalue weighted by molar-refractivity contribution is 8.03. The maximum absolute atomic E-state index is 14.1. The summed E-state index contributed by atoms with van der Waals surface area (Å²) in [6, 6.07) is 5.21. The van der Waals surface area contributed by atoms with Crippen LogP contribution in [0.2, 0.25) is 0 Å². The van der Waals surface area contributed by atoms with Gasteiger partial charge in [0, 0.05) is 13.3 Å². The van der Waals surface area contributed by atoms with Gasteiger partial charge in [-0.1, -0.05) is 24.6 Å². The van der Waals surface area contributed by atoms with Crippen LogP contribution in [0.15, 0.2) is 34.8 Å². The predicted octanol–water partition coefficient (Wildman–Crippen LogP) is 4.68. The number of benzene rings is 1. The molecule has 1 aromatic rings. The maximum atomic E-state index is 14.1. The number of hydrogen-bond acceptors (Lipinski definition) is 3. The van der Waals surface area contributed by atoms with Crippen LogP contribution in [0.3, 0.4) is 0 Å². The topological polar surface area (TPSA) is 36.1 Å². The second kappa shape index (κ2) is 7.42. The largest absolute Gasteiger partial charge is 0.297 e. The third-order valence-corrected chi connectivity index (χ3v) is 5.03. The van der Waals surface area contributed by atoms with Crippen LogP contribution < -0.4 is 0 Å². The molecular weight excluding hydrogens is 283 g/mol. The first-order chi connectivity index (χ1) is 10.2. The summed E-state index contributed by atoms with van der Waals surface area (Å²) < 4.78 is 14.1. The molecule has 2 rings (SSSR count). The minimum Gasteiger partial charge on any atom is -0.297 e. The van der Waals surface area contributed by atoms with Crippen molar-refractivity contribution in [2.24, 2.45) is 10.9 Å². The van der Waals surface area contributed by atoms with E-state index in [-0.39, 0.29) is 17.0 Å². The highest BCUT2D eigenvalue weighted by Gasteiger charge is 2.28. The summed E-state index contributed by atoms with van der Waals surface area (Å²) in [6.45, 7) is 2.12. The average molecular weight is 302 g/mol. The first kappa shape index (κ1) is 15.8. The van der Waals surface area contributed by atoms with E-state index in [2.05, 4.69) is 17.3 Å². The summed E-state index contributed by atoms with van der Waals surface area (Å²) in [5, 5.41) is 11.3. The van der Waals surface area contributed by atoms with Gasteiger partial charge in [0.05, 0.1) is 5.25 Å². The molecule has 1 aromatic carbocycles. The van der Waals surface area contributed by atoms with Gasteiger partial charge in [-0.05, 0) is 60.2 Å².